The zero-order valence-corrected chi connectivity index (χ0v) is 9.14. The van der Waals surface area contributed by atoms with Crippen LogP contribution in [0.1, 0.15) is 0 Å². The van der Waals surface area contributed by atoms with Crippen molar-refractivity contribution in [2.45, 2.75) is 12.2 Å². The highest BCUT2D eigenvalue weighted by Crippen LogP contribution is 2.21. The minimum atomic E-state index is -0.983. The summed E-state index contributed by atoms with van der Waals surface area (Å²) in [5.41, 5.74) is 0.847. The van der Waals surface area contributed by atoms with Gasteiger partial charge in [0.15, 0.2) is 0 Å². The predicted molar refractivity (Wildman–Crippen MR) is 62.7 cm³/mol. The summed E-state index contributed by atoms with van der Waals surface area (Å²) in [6.07, 6.45) is 0.497. The zero-order valence-electron chi connectivity index (χ0n) is 9.14. The molecule has 5 heteroatoms. The molecule has 0 bridgehead atoms. The average molecular weight is 233 g/mol. The van der Waals surface area contributed by atoms with E-state index in [1.54, 1.807) is 0 Å². The molecule has 88 valence electrons. The van der Waals surface area contributed by atoms with Gasteiger partial charge in [-0.15, -0.1) is 0 Å². The molecule has 4 nitrogen and oxygen atoms in total. The standard InChI is InChI=1S/C12H12FN3O/c13-9-5-17-6-11(9)16-12-8-3-1-2-4-10(8)14-7-15-12/h1-4,7,9,11H,5-6H2,(H,14,15,16). The number of hydrogen-bond acceptors (Lipinski definition) is 4. The highest BCUT2D eigenvalue weighted by atomic mass is 19.1. The van der Waals surface area contributed by atoms with Crippen LogP contribution in [0.2, 0.25) is 0 Å². The number of ether oxygens (including phenoxy) is 1. The van der Waals surface area contributed by atoms with Crippen molar-refractivity contribution in [2.75, 3.05) is 18.5 Å². The zero-order chi connectivity index (χ0) is 11.7. The van der Waals surface area contributed by atoms with Crippen LogP contribution in [0.25, 0.3) is 10.9 Å². The van der Waals surface area contributed by atoms with Crippen LogP contribution in [0.15, 0.2) is 30.6 Å². The van der Waals surface area contributed by atoms with E-state index in [1.165, 1.54) is 6.33 Å². The van der Waals surface area contributed by atoms with Crippen LogP contribution >= 0.6 is 0 Å². The third-order valence-corrected chi connectivity index (χ3v) is 2.88. The Bertz CT molecular complexity index is 529. The van der Waals surface area contributed by atoms with Gasteiger partial charge in [0.25, 0.3) is 0 Å². The number of rotatable bonds is 2. The molecule has 17 heavy (non-hydrogen) atoms. The van der Waals surface area contributed by atoms with Crippen molar-refractivity contribution in [2.24, 2.45) is 0 Å². The number of halogens is 1. The lowest BCUT2D eigenvalue weighted by molar-refractivity contribution is 0.173. The van der Waals surface area contributed by atoms with Gasteiger partial charge in [-0.05, 0) is 12.1 Å². The minimum absolute atomic E-state index is 0.153. The van der Waals surface area contributed by atoms with Gasteiger partial charge in [-0.2, -0.15) is 0 Å². The molecule has 1 N–H and O–H groups in total. The van der Waals surface area contributed by atoms with Crippen molar-refractivity contribution >= 4 is 16.7 Å². The van der Waals surface area contributed by atoms with Crippen molar-refractivity contribution in [3.05, 3.63) is 30.6 Å². The summed E-state index contributed by atoms with van der Waals surface area (Å²) in [5.74, 6) is 0.661. The number of benzene rings is 1. The Hall–Kier alpha value is -1.75. The Morgan fingerprint density at radius 2 is 2.12 bits per heavy atom. The van der Waals surface area contributed by atoms with Gasteiger partial charge in [0, 0.05) is 5.39 Å². The van der Waals surface area contributed by atoms with Crippen molar-refractivity contribution in [3.8, 4) is 0 Å². The van der Waals surface area contributed by atoms with E-state index in [4.69, 9.17) is 4.74 Å². The fourth-order valence-corrected chi connectivity index (χ4v) is 1.96. The van der Waals surface area contributed by atoms with Crippen LogP contribution in [0, 0.1) is 0 Å². The third-order valence-electron chi connectivity index (χ3n) is 2.88. The molecule has 1 aliphatic rings. The predicted octanol–water partition coefficient (Wildman–Crippen LogP) is 1.78. The monoisotopic (exact) mass is 233 g/mol. The van der Waals surface area contributed by atoms with Crippen LogP contribution in [0.3, 0.4) is 0 Å². The second kappa shape index (κ2) is 4.25. The summed E-state index contributed by atoms with van der Waals surface area (Å²) in [6.45, 7) is 0.528. The molecule has 0 amide bonds. The molecule has 0 saturated carbocycles. The first-order chi connectivity index (χ1) is 8.34. The number of para-hydroxylation sites is 1. The van der Waals surface area contributed by atoms with E-state index in [-0.39, 0.29) is 12.6 Å². The van der Waals surface area contributed by atoms with Crippen molar-refractivity contribution < 1.29 is 9.13 Å². The molecule has 1 fully saturated rings. The highest BCUT2D eigenvalue weighted by molar-refractivity contribution is 5.88. The van der Waals surface area contributed by atoms with E-state index in [0.29, 0.717) is 12.4 Å². The molecule has 1 aromatic heterocycles. The summed E-state index contributed by atoms with van der Waals surface area (Å²) in [5, 5.41) is 3.98. The first-order valence-corrected chi connectivity index (χ1v) is 5.53. The van der Waals surface area contributed by atoms with Crippen LogP contribution in [-0.2, 0) is 4.74 Å². The number of nitrogens with one attached hydrogen (secondary N) is 1. The van der Waals surface area contributed by atoms with Crippen LogP contribution in [0.4, 0.5) is 10.2 Å². The Morgan fingerprint density at radius 3 is 2.94 bits per heavy atom. The molecule has 1 saturated heterocycles. The molecule has 3 rings (SSSR count). The van der Waals surface area contributed by atoms with Crippen molar-refractivity contribution in [1.29, 1.82) is 0 Å². The first-order valence-electron chi connectivity index (χ1n) is 5.53. The van der Waals surface area contributed by atoms with Gasteiger partial charge >= 0.3 is 0 Å². The third kappa shape index (κ3) is 1.93. The molecular formula is C12H12FN3O. The van der Waals surface area contributed by atoms with Gasteiger partial charge in [-0.1, -0.05) is 12.1 Å². The largest absolute Gasteiger partial charge is 0.376 e. The topological polar surface area (TPSA) is 47.0 Å². The molecule has 2 aromatic rings. The summed E-state index contributed by atoms with van der Waals surface area (Å²) >= 11 is 0. The lowest BCUT2D eigenvalue weighted by Gasteiger charge is -2.14. The fourth-order valence-electron chi connectivity index (χ4n) is 1.96. The molecule has 2 unspecified atom stereocenters. The maximum Gasteiger partial charge on any atom is 0.146 e. The SMILES string of the molecule is FC1COCC1Nc1ncnc2ccccc12. The Labute approximate surface area is 97.8 Å². The van der Waals surface area contributed by atoms with Gasteiger partial charge in [-0.3, -0.25) is 0 Å². The molecule has 2 heterocycles. The van der Waals surface area contributed by atoms with Crippen LogP contribution < -0.4 is 5.32 Å². The quantitative estimate of drug-likeness (QED) is 0.858. The van der Waals surface area contributed by atoms with Crippen LogP contribution in [-0.4, -0.2) is 35.4 Å². The number of anilines is 1. The van der Waals surface area contributed by atoms with E-state index in [1.807, 2.05) is 24.3 Å². The lowest BCUT2D eigenvalue weighted by atomic mass is 10.2. The molecule has 2 atom stereocenters. The second-order valence-electron chi connectivity index (χ2n) is 4.04. The number of nitrogens with zero attached hydrogens (tertiary/aromatic N) is 2. The number of aromatic nitrogens is 2. The Balaban J connectivity index is 1.94. The molecule has 0 spiro atoms. The summed E-state index contributed by atoms with van der Waals surface area (Å²) in [6, 6.07) is 7.32. The molecule has 0 aliphatic carbocycles. The van der Waals surface area contributed by atoms with E-state index in [0.717, 1.165) is 10.9 Å². The van der Waals surface area contributed by atoms with Crippen molar-refractivity contribution in [3.63, 3.8) is 0 Å². The lowest BCUT2D eigenvalue weighted by Crippen LogP contribution is -2.29. The first kappa shape index (κ1) is 10.4. The van der Waals surface area contributed by atoms with E-state index >= 15 is 0 Å². The van der Waals surface area contributed by atoms with Gasteiger partial charge in [0.1, 0.15) is 18.3 Å². The number of fused-ring (bicyclic) bond motifs is 1. The maximum absolute atomic E-state index is 13.4. The maximum atomic E-state index is 13.4. The van der Waals surface area contributed by atoms with E-state index in [9.17, 15) is 4.39 Å². The molecule has 0 radical (unpaired) electrons. The Morgan fingerprint density at radius 1 is 1.24 bits per heavy atom. The molecule has 1 aliphatic heterocycles. The van der Waals surface area contributed by atoms with Crippen LogP contribution in [0.5, 0.6) is 0 Å². The normalized spacial score (nSPS) is 24.1. The van der Waals surface area contributed by atoms with E-state index < -0.39 is 6.17 Å². The summed E-state index contributed by atoms with van der Waals surface area (Å²) < 4.78 is 18.5. The Kier molecular flexibility index (Phi) is 2.60. The average Bonchev–Trinajstić information content (AvgIpc) is 2.76. The van der Waals surface area contributed by atoms with E-state index in [2.05, 4.69) is 15.3 Å². The summed E-state index contributed by atoms with van der Waals surface area (Å²) in [7, 11) is 0. The smallest absolute Gasteiger partial charge is 0.146 e. The minimum Gasteiger partial charge on any atom is -0.376 e. The van der Waals surface area contributed by atoms with Gasteiger partial charge in [0.05, 0.1) is 24.8 Å². The number of hydrogen-bond donors (Lipinski definition) is 1. The van der Waals surface area contributed by atoms with Gasteiger partial charge in [-0.25, -0.2) is 14.4 Å². The number of alkyl halides is 1. The fraction of sp³-hybridized carbons (Fsp3) is 0.333. The highest BCUT2D eigenvalue weighted by Gasteiger charge is 2.28. The summed E-state index contributed by atoms with van der Waals surface area (Å²) in [4.78, 5) is 8.32. The molecule has 1 aromatic carbocycles. The van der Waals surface area contributed by atoms with Crippen molar-refractivity contribution in [1.82, 2.24) is 9.97 Å². The van der Waals surface area contributed by atoms with Gasteiger partial charge in [0.2, 0.25) is 0 Å². The molecular weight excluding hydrogens is 221 g/mol. The second-order valence-corrected chi connectivity index (χ2v) is 4.04. The van der Waals surface area contributed by atoms with Gasteiger partial charge < -0.3 is 10.1 Å².